The summed E-state index contributed by atoms with van der Waals surface area (Å²) in [6, 6.07) is 0. The highest BCUT2D eigenvalue weighted by atomic mass is 16.6. The molecule has 0 spiro atoms. The van der Waals surface area contributed by atoms with Crippen LogP contribution >= 0.6 is 0 Å². The van der Waals surface area contributed by atoms with E-state index in [1.165, 1.54) is 6.42 Å². The van der Waals surface area contributed by atoms with Gasteiger partial charge >= 0.3 is 6.09 Å². The second-order valence-electron chi connectivity index (χ2n) is 8.37. The molecule has 130 valence electrons. The van der Waals surface area contributed by atoms with Gasteiger partial charge in [0.05, 0.1) is 0 Å². The van der Waals surface area contributed by atoms with E-state index in [1.807, 2.05) is 25.7 Å². The van der Waals surface area contributed by atoms with E-state index in [1.54, 1.807) is 0 Å². The number of piperazine rings is 1. The molecule has 1 aliphatic rings. The molecular formula is C17H35N3O2. The van der Waals surface area contributed by atoms with E-state index in [-0.39, 0.29) is 6.09 Å². The molecule has 0 saturated carbocycles. The van der Waals surface area contributed by atoms with Crippen molar-refractivity contribution in [3.8, 4) is 0 Å². The monoisotopic (exact) mass is 313 g/mol. The van der Waals surface area contributed by atoms with Crippen LogP contribution in [0.5, 0.6) is 0 Å². The highest BCUT2D eigenvalue weighted by Crippen LogP contribution is 2.16. The number of rotatable bonds is 5. The summed E-state index contributed by atoms with van der Waals surface area (Å²) in [6.07, 6.45) is 1.01. The fourth-order valence-corrected chi connectivity index (χ4v) is 2.31. The van der Waals surface area contributed by atoms with Crippen molar-refractivity contribution in [1.29, 1.82) is 0 Å². The highest BCUT2D eigenvalue weighted by Gasteiger charge is 2.25. The summed E-state index contributed by atoms with van der Waals surface area (Å²) in [5.74, 6) is 0. The van der Waals surface area contributed by atoms with Crippen molar-refractivity contribution in [2.24, 2.45) is 5.41 Å². The minimum absolute atomic E-state index is 0.185. The quantitative estimate of drug-likeness (QED) is 0.792. The Morgan fingerprint density at radius 2 is 1.59 bits per heavy atom. The summed E-state index contributed by atoms with van der Waals surface area (Å²) in [5, 5.41) is 3.51. The number of hydrogen-bond acceptors (Lipinski definition) is 4. The summed E-state index contributed by atoms with van der Waals surface area (Å²) >= 11 is 0. The third-order valence-electron chi connectivity index (χ3n) is 3.68. The first-order valence-corrected chi connectivity index (χ1v) is 8.48. The Hall–Kier alpha value is -0.810. The van der Waals surface area contributed by atoms with Gasteiger partial charge in [0, 0.05) is 39.3 Å². The predicted octanol–water partition coefficient (Wildman–Crippen LogP) is 2.56. The Balaban J connectivity index is 2.14. The number of carbonyl (C=O) groups is 1. The number of amides is 1. The topological polar surface area (TPSA) is 44.8 Å². The normalized spacial score (nSPS) is 17.6. The Kier molecular flexibility index (Phi) is 7.13. The Morgan fingerprint density at radius 3 is 2.09 bits per heavy atom. The van der Waals surface area contributed by atoms with Crippen LogP contribution in [0.1, 0.15) is 48.0 Å². The highest BCUT2D eigenvalue weighted by molar-refractivity contribution is 5.68. The van der Waals surface area contributed by atoms with Crippen molar-refractivity contribution in [1.82, 2.24) is 15.1 Å². The van der Waals surface area contributed by atoms with Gasteiger partial charge in [-0.25, -0.2) is 4.79 Å². The fraction of sp³-hybridized carbons (Fsp3) is 0.941. The molecule has 1 heterocycles. The number of nitrogens with one attached hydrogen (secondary N) is 1. The summed E-state index contributed by atoms with van der Waals surface area (Å²) in [5.41, 5.74) is -0.0166. The predicted molar refractivity (Wildman–Crippen MR) is 91.2 cm³/mol. The van der Waals surface area contributed by atoms with Gasteiger partial charge in [-0.05, 0) is 39.2 Å². The first-order valence-electron chi connectivity index (χ1n) is 8.48. The Bertz CT molecular complexity index is 337. The second kappa shape index (κ2) is 8.16. The molecule has 0 atom stereocenters. The molecule has 0 aromatic carbocycles. The SMILES string of the molecule is CC(C)(C)CCNCCN1CCN(C(=O)OC(C)(C)C)CC1. The molecule has 22 heavy (non-hydrogen) atoms. The molecule has 1 saturated heterocycles. The third kappa shape index (κ3) is 8.59. The van der Waals surface area contributed by atoms with Gasteiger partial charge in [-0.2, -0.15) is 0 Å². The average molecular weight is 313 g/mol. The van der Waals surface area contributed by atoms with Crippen molar-refractivity contribution >= 4 is 6.09 Å². The van der Waals surface area contributed by atoms with Gasteiger partial charge in [0.15, 0.2) is 0 Å². The van der Waals surface area contributed by atoms with Crippen LogP contribution in [-0.2, 0) is 4.74 Å². The van der Waals surface area contributed by atoms with Gasteiger partial charge in [-0.1, -0.05) is 20.8 Å². The van der Waals surface area contributed by atoms with Crippen molar-refractivity contribution in [3.63, 3.8) is 0 Å². The molecule has 0 radical (unpaired) electrons. The van der Waals surface area contributed by atoms with E-state index < -0.39 is 5.60 Å². The minimum atomic E-state index is -0.412. The van der Waals surface area contributed by atoms with Crippen LogP contribution in [0.3, 0.4) is 0 Å². The van der Waals surface area contributed by atoms with E-state index in [2.05, 4.69) is 31.0 Å². The van der Waals surface area contributed by atoms with Gasteiger partial charge in [0.2, 0.25) is 0 Å². The number of ether oxygens (including phenoxy) is 1. The zero-order valence-electron chi connectivity index (χ0n) is 15.4. The van der Waals surface area contributed by atoms with Gasteiger partial charge in [0.25, 0.3) is 0 Å². The standard InChI is InChI=1S/C17H35N3O2/c1-16(2,3)7-8-18-9-10-19-11-13-20(14-12-19)15(21)22-17(4,5)6/h18H,7-14H2,1-6H3. The van der Waals surface area contributed by atoms with Gasteiger partial charge < -0.3 is 15.0 Å². The van der Waals surface area contributed by atoms with E-state index in [4.69, 9.17) is 4.74 Å². The van der Waals surface area contributed by atoms with E-state index in [0.717, 1.165) is 45.8 Å². The van der Waals surface area contributed by atoms with Crippen LogP contribution in [-0.4, -0.2) is 67.3 Å². The lowest BCUT2D eigenvalue weighted by Crippen LogP contribution is -2.51. The summed E-state index contributed by atoms with van der Waals surface area (Å²) in [6.45, 7) is 19.0. The molecule has 0 unspecified atom stereocenters. The molecule has 5 nitrogen and oxygen atoms in total. The molecule has 0 aromatic heterocycles. The smallest absolute Gasteiger partial charge is 0.410 e. The maximum atomic E-state index is 12.0. The van der Waals surface area contributed by atoms with Crippen molar-refractivity contribution in [3.05, 3.63) is 0 Å². The fourth-order valence-electron chi connectivity index (χ4n) is 2.31. The molecule has 1 aliphatic heterocycles. The van der Waals surface area contributed by atoms with Crippen LogP contribution < -0.4 is 5.32 Å². The molecule has 0 aromatic rings. The molecule has 1 N–H and O–H groups in total. The minimum Gasteiger partial charge on any atom is -0.444 e. The van der Waals surface area contributed by atoms with Crippen molar-refractivity contribution < 1.29 is 9.53 Å². The van der Waals surface area contributed by atoms with Crippen molar-refractivity contribution in [2.45, 2.75) is 53.6 Å². The van der Waals surface area contributed by atoms with Gasteiger partial charge in [0.1, 0.15) is 5.60 Å². The lowest BCUT2D eigenvalue weighted by molar-refractivity contribution is 0.0146. The lowest BCUT2D eigenvalue weighted by atomic mass is 9.92. The first-order chi connectivity index (χ1) is 10.1. The van der Waals surface area contributed by atoms with Crippen LogP contribution in [0.2, 0.25) is 0 Å². The first kappa shape index (κ1) is 19.2. The zero-order chi connectivity index (χ0) is 16.8. The van der Waals surface area contributed by atoms with Gasteiger partial charge in [-0.15, -0.1) is 0 Å². The molecule has 1 fully saturated rings. The molecule has 5 heteroatoms. The number of nitrogens with zero attached hydrogens (tertiary/aromatic N) is 2. The summed E-state index contributed by atoms with van der Waals surface area (Å²) in [7, 11) is 0. The largest absolute Gasteiger partial charge is 0.444 e. The molecular weight excluding hydrogens is 278 g/mol. The molecule has 0 bridgehead atoms. The van der Waals surface area contributed by atoms with E-state index >= 15 is 0 Å². The van der Waals surface area contributed by atoms with E-state index in [9.17, 15) is 4.79 Å². The molecule has 0 aliphatic carbocycles. The van der Waals surface area contributed by atoms with Crippen molar-refractivity contribution in [2.75, 3.05) is 45.8 Å². The number of hydrogen-bond donors (Lipinski definition) is 1. The number of carbonyl (C=O) groups excluding carboxylic acids is 1. The second-order valence-corrected chi connectivity index (χ2v) is 8.37. The third-order valence-corrected chi connectivity index (χ3v) is 3.68. The summed E-state index contributed by atoms with van der Waals surface area (Å²) in [4.78, 5) is 16.2. The summed E-state index contributed by atoms with van der Waals surface area (Å²) < 4.78 is 5.41. The average Bonchev–Trinajstić information content (AvgIpc) is 2.35. The van der Waals surface area contributed by atoms with Crippen LogP contribution in [0.4, 0.5) is 4.79 Å². The van der Waals surface area contributed by atoms with Crippen LogP contribution in [0.25, 0.3) is 0 Å². The Morgan fingerprint density at radius 1 is 1.00 bits per heavy atom. The maximum absolute atomic E-state index is 12.0. The Labute approximate surface area is 136 Å². The maximum Gasteiger partial charge on any atom is 0.410 e. The van der Waals surface area contributed by atoms with Crippen LogP contribution in [0.15, 0.2) is 0 Å². The molecule has 1 rings (SSSR count). The van der Waals surface area contributed by atoms with Crippen LogP contribution in [0, 0.1) is 5.41 Å². The van der Waals surface area contributed by atoms with E-state index in [0.29, 0.717) is 5.41 Å². The lowest BCUT2D eigenvalue weighted by Gasteiger charge is -2.35. The zero-order valence-corrected chi connectivity index (χ0v) is 15.4. The molecule has 1 amide bonds. The van der Waals surface area contributed by atoms with Gasteiger partial charge in [-0.3, -0.25) is 4.90 Å².